The van der Waals surface area contributed by atoms with E-state index in [0.717, 1.165) is 13.3 Å². The maximum atomic E-state index is 12.7. The molecule has 84 valence electrons. The van der Waals surface area contributed by atoms with Gasteiger partial charge in [0.15, 0.2) is 0 Å². The number of methoxy groups -OCH3 is 1. The number of aromatic nitrogens is 1. The molecule has 1 aromatic rings. The Bertz CT molecular complexity index is 471. The van der Waals surface area contributed by atoms with Gasteiger partial charge in [-0.1, -0.05) is 0 Å². The topological polar surface area (TPSA) is 63.0 Å². The lowest BCUT2D eigenvalue weighted by Crippen LogP contribution is -2.05. The third-order valence-corrected chi connectivity index (χ3v) is 2.02. The highest BCUT2D eigenvalue weighted by Gasteiger charge is 2.25. The van der Waals surface area contributed by atoms with E-state index < -0.39 is 28.7 Å². The number of halogens is 3. The van der Waals surface area contributed by atoms with Crippen LogP contribution in [0.4, 0.5) is 8.78 Å². The highest BCUT2D eigenvalue weighted by molar-refractivity contribution is 6.68. The van der Waals surface area contributed by atoms with Crippen LogP contribution in [0, 0.1) is 11.3 Å². The molecule has 1 rings (SSSR count). The summed E-state index contributed by atoms with van der Waals surface area (Å²) in [5.74, 6) is -0.395. The van der Waals surface area contributed by atoms with Gasteiger partial charge >= 0.3 is 0 Å². The molecule has 0 aliphatic heterocycles. The summed E-state index contributed by atoms with van der Waals surface area (Å²) < 4.78 is 29.9. The summed E-state index contributed by atoms with van der Waals surface area (Å²) in [6, 6.07) is 1.50. The van der Waals surface area contributed by atoms with Crippen molar-refractivity contribution in [3.8, 4) is 11.9 Å². The number of carbonyl (C=O) groups is 1. The Morgan fingerprint density at radius 3 is 2.69 bits per heavy atom. The van der Waals surface area contributed by atoms with Gasteiger partial charge in [-0.3, -0.25) is 4.79 Å². The zero-order valence-corrected chi connectivity index (χ0v) is 8.76. The smallest absolute Gasteiger partial charge is 0.270 e. The molecule has 0 spiro atoms. The number of pyridine rings is 1. The van der Waals surface area contributed by atoms with Crippen LogP contribution in [0.25, 0.3) is 0 Å². The Hall–Kier alpha value is -1.74. The van der Waals surface area contributed by atoms with Crippen molar-refractivity contribution < 1.29 is 18.3 Å². The molecule has 0 saturated heterocycles. The number of carbonyl (C=O) groups excluding carboxylic acids is 1. The second-order valence-electron chi connectivity index (χ2n) is 2.66. The van der Waals surface area contributed by atoms with Crippen LogP contribution in [0.3, 0.4) is 0 Å². The first-order valence-electron chi connectivity index (χ1n) is 3.97. The molecule has 4 nitrogen and oxygen atoms in total. The molecular formula is C9H5ClF2N2O2. The highest BCUT2D eigenvalue weighted by atomic mass is 35.5. The first kappa shape index (κ1) is 12.3. The maximum absolute atomic E-state index is 12.7. The molecule has 0 unspecified atom stereocenters. The van der Waals surface area contributed by atoms with Gasteiger partial charge in [-0.15, -0.1) is 0 Å². The number of alkyl halides is 2. The second kappa shape index (κ2) is 4.86. The van der Waals surface area contributed by atoms with Crippen molar-refractivity contribution >= 4 is 16.8 Å². The molecule has 0 aliphatic carbocycles. The third-order valence-electron chi connectivity index (χ3n) is 1.82. The molecule has 0 atom stereocenters. The lowest BCUT2D eigenvalue weighted by atomic mass is 10.1. The average Bonchev–Trinajstić information content (AvgIpc) is 2.26. The number of hydrogen-bond acceptors (Lipinski definition) is 4. The molecule has 7 heteroatoms. The SMILES string of the molecule is COc1ncc(C(=O)Cl)c(C#N)c1C(F)F. The van der Waals surface area contributed by atoms with E-state index in [2.05, 4.69) is 9.72 Å². The summed E-state index contributed by atoms with van der Waals surface area (Å²) in [5, 5.41) is 7.72. The monoisotopic (exact) mass is 246 g/mol. The van der Waals surface area contributed by atoms with Gasteiger partial charge in [0.1, 0.15) is 6.07 Å². The quantitative estimate of drug-likeness (QED) is 0.768. The molecule has 0 amide bonds. The summed E-state index contributed by atoms with van der Waals surface area (Å²) in [4.78, 5) is 14.4. The lowest BCUT2D eigenvalue weighted by molar-refractivity contribution is 0.107. The Morgan fingerprint density at radius 2 is 2.31 bits per heavy atom. The minimum Gasteiger partial charge on any atom is -0.481 e. The predicted octanol–water partition coefficient (Wildman–Crippen LogP) is 2.28. The third kappa shape index (κ3) is 2.09. The van der Waals surface area contributed by atoms with E-state index in [-0.39, 0.29) is 5.56 Å². The Kier molecular flexibility index (Phi) is 3.74. The molecule has 0 fully saturated rings. The first-order valence-corrected chi connectivity index (χ1v) is 4.35. The van der Waals surface area contributed by atoms with E-state index in [1.807, 2.05) is 0 Å². The van der Waals surface area contributed by atoms with Crippen molar-refractivity contribution in [3.63, 3.8) is 0 Å². The fraction of sp³-hybridized carbons (Fsp3) is 0.222. The van der Waals surface area contributed by atoms with Gasteiger partial charge in [-0.2, -0.15) is 5.26 Å². The minimum atomic E-state index is -2.98. The van der Waals surface area contributed by atoms with Gasteiger partial charge in [0.2, 0.25) is 5.88 Å². The predicted molar refractivity (Wildman–Crippen MR) is 50.6 cm³/mol. The van der Waals surface area contributed by atoms with E-state index in [4.69, 9.17) is 16.9 Å². The molecule has 0 saturated carbocycles. The van der Waals surface area contributed by atoms with Gasteiger partial charge in [0.25, 0.3) is 11.7 Å². The molecule has 1 aromatic heterocycles. The fourth-order valence-electron chi connectivity index (χ4n) is 1.14. The van der Waals surface area contributed by atoms with E-state index in [9.17, 15) is 13.6 Å². The van der Waals surface area contributed by atoms with Crippen LogP contribution < -0.4 is 4.74 Å². The molecule has 0 radical (unpaired) electrons. The summed E-state index contributed by atoms with van der Waals surface area (Å²) >= 11 is 5.14. The lowest BCUT2D eigenvalue weighted by Gasteiger charge is -2.09. The summed E-state index contributed by atoms with van der Waals surface area (Å²) in [5.41, 5.74) is -1.60. The Labute approximate surface area is 94.4 Å². The van der Waals surface area contributed by atoms with Crippen LogP contribution in [0.15, 0.2) is 6.20 Å². The molecule has 1 heterocycles. The van der Waals surface area contributed by atoms with Crippen molar-refractivity contribution in [2.24, 2.45) is 0 Å². The number of ether oxygens (including phenoxy) is 1. The van der Waals surface area contributed by atoms with Gasteiger partial charge in [-0.25, -0.2) is 13.8 Å². The number of nitrogens with zero attached hydrogens (tertiary/aromatic N) is 2. The molecule has 0 bridgehead atoms. The average molecular weight is 247 g/mol. The molecule has 0 aromatic carbocycles. The maximum Gasteiger partial charge on any atom is 0.270 e. The van der Waals surface area contributed by atoms with Crippen LogP contribution in [-0.4, -0.2) is 17.3 Å². The van der Waals surface area contributed by atoms with Gasteiger partial charge in [-0.05, 0) is 11.6 Å². The minimum absolute atomic E-state index is 0.361. The molecule has 16 heavy (non-hydrogen) atoms. The van der Waals surface area contributed by atoms with Gasteiger partial charge in [0.05, 0.1) is 23.8 Å². The Balaban J connectivity index is 3.58. The summed E-state index contributed by atoms with van der Waals surface area (Å²) in [6.07, 6.45) is -2.05. The van der Waals surface area contributed by atoms with Crippen molar-refractivity contribution in [2.75, 3.05) is 7.11 Å². The highest BCUT2D eigenvalue weighted by Crippen LogP contribution is 2.32. The number of nitriles is 1. The molecular weight excluding hydrogens is 242 g/mol. The number of hydrogen-bond donors (Lipinski definition) is 0. The molecule has 0 N–H and O–H groups in total. The van der Waals surface area contributed by atoms with Crippen molar-refractivity contribution in [1.82, 2.24) is 4.98 Å². The standard InChI is InChI=1S/C9H5ClF2N2O2/c1-16-9-6(8(11)12)4(2-13)5(3-14-9)7(10)15/h3,8H,1H3. The van der Waals surface area contributed by atoms with Crippen molar-refractivity contribution in [2.45, 2.75) is 6.43 Å². The van der Waals surface area contributed by atoms with Crippen molar-refractivity contribution in [1.29, 1.82) is 5.26 Å². The summed E-state index contributed by atoms with van der Waals surface area (Å²) in [6.45, 7) is 0. The Morgan fingerprint density at radius 1 is 1.69 bits per heavy atom. The zero-order chi connectivity index (χ0) is 12.3. The second-order valence-corrected chi connectivity index (χ2v) is 3.00. The van der Waals surface area contributed by atoms with Crippen LogP contribution in [0.1, 0.15) is 27.9 Å². The normalized spacial score (nSPS) is 10.0. The fourth-order valence-corrected chi connectivity index (χ4v) is 1.29. The summed E-state index contributed by atoms with van der Waals surface area (Å²) in [7, 11) is 1.14. The van der Waals surface area contributed by atoms with E-state index in [0.29, 0.717) is 0 Å². The van der Waals surface area contributed by atoms with Crippen molar-refractivity contribution in [3.05, 3.63) is 22.9 Å². The zero-order valence-electron chi connectivity index (χ0n) is 8.00. The molecule has 0 aliphatic rings. The van der Waals surface area contributed by atoms with E-state index >= 15 is 0 Å². The van der Waals surface area contributed by atoms with E-state index in [1.165, 1.54) is 6.07 Å². The number of rotatable bonds is 3. The first-order chi connectivity index (χ1) is 7.52. The van der Waals surface area contributed by atoms with Crippen LogP contribution in [-0.2, 0) is 0 Å². The van der Waals surface area contributed by atoms with Crippen LogP contribution in [0.2, 0.25) is 0 Å². The van der Waals surface area contributed by atoms with Gasteiger partial charge < -0.3 is 4.74 Å². The van der Waals surface area contributed by atoms with Gasteiger partial charge in [0, 0.05) is 6.20 Å². The van der Waals surface area contributed by atoms with Crippen LogP contribution >= 0.6 is 11.6 Å². The van der Waals surface area contributed by atoms with E-state index in [1.54, 1.807) is 0 Å². The largest absolute Gasteiger partial charge is 0.481 e. The van der Waals surface area contributed by atoms with Crippen LogP contribution in [0.5, 0.6) is 5.88 Å².